The van der Waals surface area contributed by atoms with Crippen LogP contribution in [-0.4, -0.2) is 4.57 Å². The van der Waals surface area contributed by atoms with E-state index in [0.717, 1.165) is 28.2 Å². The molecule has 0 aliphatic carbocycles. The Morgan fingerprint density at radius 3 is 2.42 bits per heavy atom. The summed E-state index contributed by atoms with van der Waals surface area (Å²) in [6.45, 7) is 4.23. The van der Waals surface area contributed by atoms with Gasteiger partial charge in [-0.1, -0.05) is 18.2 Å². The zero-order valence-electron chi connectivity index (χ0n) is 15.2. The number of fused-ring (bicyclic) bond motifs is 1. The minimum Gasteiger partial charge on any atom is -0.351 e. The Morgan fingerprint density at radius 1 is 0.962 bits per heavy atom. The summed E-state index contributed by atoms with van der Waals surface area (Å²) >= 11 is 0. The Labute approximate surface area is 153 Å². The fraction of sp³-hybridized carbons (Fsp3) is 0.130. The van der Waals surface area contributed by atoms with Crippen LogP contribution in [0.25, 0.3) is 27.7 Å². The SMILES string of the molecule is Cc1c(-c2cccn2C)cc(C#N)cc1-[n+]1cc2ccccc2cc1C. The van der Waals surface area contributed by atoms with Crippen LogP contribution in [0.4, 0.5) is 0 Å². The lowest BCUT2D eigenvalue weighted by atomic mass is 9.99. The van der Waals surface area contributed by atoms with E-state index in [-0.39, 0.29) is 0 Å². The van der Waals surface area contributed by atoms with E-state index in [0.29, 0.717) is 5.56 Å². The van der Waals surface area contributed by atoms with Crippen LogP contribution in [-0.2, 0) is 7.05 Å². The van der Waals surface area contributed by atoms with Crippen molar-refractivity contribution < 1.29 is 4.57 Å². The van der Waals surface area contributed by atoms with Crippen molar-refractivity contribution in [2.24, 2.45) is 7.05 Å². The van der Waals surface area contributed by atoms with Crippen LogP contribution in [0.2, 0.25) is 0 Å². The summed E-state index contributed by atoms with van der Waals surface area (Å²) in [5.74, 6) is 0. The average Bonchev–Trinajstić information content (AvgIpc) is 3.07. The second-order valence-electron chi connectivity index (χ2n) is 6.70. The summed E-state index contributed by atoms with van der Waals surface area (Å²) in [6.07, 6.45) is 4.19. The number of benzene rings is 2. The lowest BCUT2D eigenvalue weighted by molar-refractivity contribution is -0.601. The van der Waals surface area contributed by atoms with Gasteiger partial charge in [0, 0.05) is 54.5 Å². The molecule has 0 saturated carbocycles. The molecular weight excluding hydrogens is 318 g/mol. The van der Waals surface area contributed by atoms with E-state index in [4.69, 9.17) is 0 Å². The van der Waals surface area contributed by atoms with E-state index in [1.54, 1.807) is 0 Å². The minimum atomic E-state index is 0.668. The van der Waals surface area contributed by atoms with Gasteiger partial charge in [-0.15, -0.1) is 0 Å². The number of hydrogen-bond acceptors (Lipinski definition) is 1. The van der Waals surface area contributed by atoms with Gasteiger partial charge in [-0.2, -0.15) is 9.83 Å². The number of nitrogens with zero attached hydrogens (tertiary/aromatic N) is 3. The Balaban J connectivity index is 2.02. The van der Waals surface area contributed by atoms with Crippen LogP contribution in [0.5, 0.6) is 0 Å². The van der Waals surface area contributed by atoms with Gasteiger partial charge in [0.2, 0.25) is 5.69 Å². The maximum Gasteiger partial charge on any atom is 0.215 e. The molecule has 0 aliphatic heterocycles. The summed E-state index contributed by atoms with van der Waals surface area (Å²) in [5, 5.41) is 12.0. The van der Waals surface area contributed by atoms with E-state index in [2.05, 4.69) is 71.6 Å². The van der Waals surface area contributed by atoms with Gasteiger partial charge in [0.25, 0.3) is 0 Å². The molecule has 2 heterocycles. The maximum atomic E-state index is 9.57. The Morgan fingerprint density at radius 2 is 1.73 bits per heavy atom. The molecule has 3 nitrogen and oxygen atoms in total. The second kappa shape index (κ2) is 6.16. The maximum absolute atomic E-state index is 9.57. The smallest absolute Gasteiger partial charge is 0.215 e. The van der Waals surface area contributed by atoms with Gasteiger partial charge in [0.05, 0.1) is 11.6 Å². The van der Waals surface area contributed by atoms with Crippen LogP contribution in [0.3, 0.4) is 0 Å². The highest BCUT2D eigenvalue weighted by molar-refractivity contribution is 5.81. The zero-order chi connectivity index (χ0) is 18.3. The molecule has 0 aliphatic rings. The third-order valence-electron chi connectivity index (χ3n) is 5.00. The molecule has 0 N–H and O–H groups in total. The fourth-order valence-electron chi connectivity index (χ4n) is 3.58. The molecule has 126 valence electrons. The van der Waals surface area contributed by atoms with E-state index in [9.17, 15) is 5.26 Å². The number of nitriles is 1. The summed E-state index contributed by atoms with van der Waals surface area (Å²) in [6, 6.07) is 20.9. The summed E-state index contributed by atoms with van der Waals surface area (Å²) < 4.78 is 4.27. The molecule has 3 heteroatoms. The first-order chi connectivity index (χ1) is 12.6. The predicted molar refractivity (Wildman–Crippen MR) is 104 cm³/mol. The average molecular weight is 338 g/mol. The number of pyridine rings is 1. The number of hydrogen-bond donors (Lipinski definition) is 0. The lowest BCUT2D eigenvalue weighted by Crippen LogP contribution is -2.35. The largest absolute Gasteiger partial charge is 0.351 e. The Kier molecular flexibility index (Phi) is 3.82. The van der Waals surface area contributed by atoms with Crippen molar-refractivity contribution in [1.29, 1.82) is 5.26 Å². The van der Waals surface area contributed by atoms with Gasteiger partial charge in [-0.05, 0) is 36.6 Å². The third kappa shape index (κ3) is 2.57. The molecule has 0 spiro atoms. The van der Waals surface area contributed by atoms with Crippen LogP contribution in [0.15, 0.2) is 67.0 Å². The number of aryl methyl sites for hydroxylation is 2. The standard InChI is InChI=1S/C23H20N3/c1-16-11-19-7-4-5-8-20(19)15-26(16)23-13-18(14-24)12-21(17(23)2)22-9-6-10-25(22)3/h4-13,15H,1-3H3/q+1. The zero-order valence-corrected chi connectivity index (χ0v) is 15.2. The fourth-order valence-corrected chi connectivity index (χ4v) is 3.58. The van der Waals surface area contributed by atoms with Crippen molar-refractivity contribution in [2.45, 2.75) is 13.8 Å². The van der Waals surface area contributed by atoms with Crippen LogP contribution < -0.4 is 4.57 Å². The lowest BCUT2D eigenvalue weighted by Gasteiger charge is -2.11. The van der Waals surface area contributed by atoms with E-state index in [1.165, 1.54) is 10.8 Å². The van der Waals surface area contributed by atoms with Gasteiger partial charge in [0.1, 0.15) is 0 Å². The molecule has 4 rings (SSSR count). The normalized spacial score (nSPS) is 10.8. The molecule has 0 saturated heterocycles. The predicted octanol–water partition coefficient (Wildman–Crippen LogP) is 4.61. The molecule has 0 fully saturated rings. The van der Waals surface area contributed by atoms with Crippen molar-refractivity contribution in [3.63, 3.8) is 0 Å². The molecule has 0 bridgehead atoms. The van der Waals surface area contributed by atoms with E-state index < -0.39 is 0 Å². The van der Waals surface area contributed by atoms with Crippen molar-refractivity contribution >= 4 is 10.8 Å². The second-order valence-corrected chi connectivity index (χ2v) is 6.70. The first-order valence-electron chi connectivity index (χ1n) is 8.66. The topological polar surface area (TPSA) is 32.6 Å². The summed E-state index contributed by atoms with van der Waals surface area (Å²) in [7, 11) is 2.03. The molecule has 2 aromatic carbocycles. The van der Waals surface area contributed by atoms with Gasteiger partial charge in [0.15, 0.2) is 11.9 Å². The van der Waals surface area contributed by atoms with E-state index >= 15 is 0 Å². The van der Waals surface area contributed by atoms with Crippen molar-refractivity contribution in [3.05, 3.63) is 83.8 Å². The Bertz CT molecular complexity index is 1180. The molecule has 0 radical (unpaired) electrons. The minimum absolute atomic E-state index is 0.668. The van der Waals surface area contributed by atoms with Crippen LogP contribution >= 0.6 is 0 Å². The van der Waals surface area contributed by atoms with Crippen LogP contribution in [0.1, 0.15) is 16.8 Å². The first-order valence-corrected chi connectivity index (χ1v) is 8.66. The molecule has 0 atom stereocenters. The van der Waals surface area contributed by atoms with Crippen molar-refractivity contribution in [2.75, 3.05) is 0 Å². The van der Waals surface area contributed by atoms with Gasteiger partial charge < -0.3 is 4.57 Å². The van der Waals surface area contributed by atoms with Crippen LogP contribution in [0, 0.1) is 25.2 Å². The highest BCUT2D eigenvalue weighted by atomic mass is 15.0. The summed E-state index contributed by atoms with van der Waals surface area (Å²) in [4.78, 5) is 0. The molecule has 0 unspecified atom stereocenters. The molecular formula is C23H20N3+. The highest BCUT2D eigenvalue weighted by Crippen LogP contribution is 2.28. The first kappa shape index (κ1) is 16.1. The van der Waals surface area contributed by atoms with Gasteiger partial charge in [-0.25, -0.2) is 0 Å². The third-order valence-corrected chi connectivity index (χ3v) is 5.00. The van der Waals surface area contributed by atoms with Gasteiger partial charge >= 0.3 is 0 Å². The molecule has 26 heavy (non-hydrogen) atoms. The van der Waals surface area contributed by atoms with E-state index in [1.807, 2.05) is 31.4 Å². The number of rotatable bonds is 2. The quantitative estimate of drug-likeness (QED) is 0.491. The van der Waals surface area contributed by atoms with Crippen molar-refractivity contribution in [1.82, 2.24) is 4.57 Å². The monoisotopic (exact) mass is 338 g/mol. The Hall–Kier alpha value is -3.38. The summed E-state index contributed by atoms with van der Waals surface area (Å²) in [5.41, 5.74) is 6.21. The molecule has 4 aromatic rings. The highest BCUT2D eigenvalue weighted by Gasteiger charge is 2.20. The molecule has 0 amide bonds. The van der Waals surface area contributed by atoms with Crippen molar-refractivity contribution in [3.8, 4) is 23.0 Å². The number of aromatic nitrogens is 2. The van der Waals surface area contributed by atoms with Gasteiger partial charge in [-0.3, -0.25) is 0 Å². The molecule has 2 aromatic heterocycles.